The second-order valence-corrected chi connectivity index (χ2v) is 7.05. The number of benzene rings is 3. The molecule has 0 saturated carbocycles. The van der Waals surface area contributed by atoms with Crippen LogP contribution in [0.3, 0.4) is 0 Å². The van der Waals surface area contributed by atoms with Crippen LogP contribution in [0.2, 0.25) is 0 Å². The van der Waals surface area contributed by atoms with Gasteiger partial charge >= 0.3 is 0 Å². The van der Waals surface area contributed by atoms with Gasteiger partial charge in [0, 0.05) is 0 Å². The minimum Gasteiger partial charge on any atom is -0.493 e. The van der Waals surface area contributed by atoms with Crippen molar-refractivity contribution < 1.29 is 19.0 Å². The lowest BCUT2D eigenvalue weighted by Crippen LogP contribution is -2.29. The quantitative estimate of drug-likeness (QED) is 0.413. The Bertz CT molecular complexity index is 1170. The number of nitrogens with one attached hydrogen (secondary N) is 1. The molecule has 0 radical (unpaired) electrons. The number of methoxy groups -OCH3 is 1. The highest BCUT2D eigenvalue weighted by molar-refractivity contribution is 5.78. The number of amides is 1. The van der Waals surface area contributed by atoms with Crippen molar-refractivity contribution in [2.45, 2.75) is 13.1 Å². The topological polar surface area (TPSA) is 74.6 Å². The Morgan fingerprint density at radius 1 is 0.906 bits per heavy atom. The third kappa shape index (κ3) is 5.18. The molecular formula is C25H25N3O4. The molecule has 1 aromatic heterocycles. The lowest BCUT2D eigenvalue weighted by Gasteiger charge is -2.13. The lowest BCUT2D eigenvalue weighted by molar-refractivity contribution is -0.123. The molecule has 164 valence electrons. The normalized spacial score (nSPS) is 10.7. The number of para-hydroxylation sites is 5. The van der Waals surface area contributed by atoms with Gasteiger partial charge in [0.1, 0.15) is 18.2 Å². The summed E-state index contributed by atoms with van der Waals surface area (Å²) < 4.78 is 18.8. The maximum Gasteiger partial charge on any atom is 0.258 e. The number of hydrogen-bond acceptors (Lipinski definition) is 5. The Morgan fingerprint density at radius 2 is 1.62 bits per heavy atom. The van der Waals surface area contributed by atoms with Gasteiger partial charge in [0.05, 0.1) is 31.2 Å². The molecule has 0 spiro atoms. The molecule has 1 heterocycles. The van der Waals surface area contributed by atoms with Crippen molar-refractivity contribution in [2.24, 2.45) is 0 Å². The van der Waals surface area contributed by atoms with Gasteiger partial charge < -0.3 is 24.1 Å². The minimum atomic E-state index is -0.210. The van der Waals surface area contributed by atoms with E-state index in [1.54, 1.807) is 7.11 Å². The van der Waals surface area contributed by atoms with Gasteiger partial charge in [-0.05, 0) is 36.4 Å². The second-order valence-electron chi connectivity index (χ2n) is 7.05. The van der Waals surface area contributed by atoms with Crippen LogP contribution in [0.1, 0.15) is 5.82 Å². The summed E-state index contributed by atoms with van der Waals surface area (Å²) in [4.78, 5) is 17.0. The largest absolute Gasteiger partial charge is 0.493 e. The fourth-order valence-corrected chi connectivity index (χ4v) is 3.39. The van der Waals surface area contributed by atoms with Crippen LogP contribution >= 0.6 is 0 Å². The van der Waals surface area contributed by atoms with Gasteiger partial charge in [-0.2, -0.15) is 0 Å². The summed E-state index contributed by atoms with van der Waals surface area (Å²) in [5, 5.41) is 2.89. The molecule has 7 heteroatoms. The summed E-state index contributed by atoms with van der Waals surface area (Å²) in [7, 11) is 1.62. The molecule has 1 N–H and O–H groups in total. The summed E-state index contributed by atoms with van der Waals surface area (Å²) in [6.45, 7) is 1.24. The monoisotopic (exact) mass is 431 g/mol. The predicted octanol–water partition coefficient (Wildman–Crippen LogP) is 3.82. The molecule has 7 nitrogen and oxygen atoms in total. The average Bonchev–Trinajstić information content (AvgIpc) is 3.20. The van der Waals surface area contributed by atoms with Gasteiger partial charge in [0.25, 0.3) is 5.91 Å². The molecule has 0 aliphatic carbocycles. The number of fused-ring (bicyclic) bond motifs is 1. The molecule has 0 aliphatic rings. The second kappa shape index (κ2) is 10.3. The number of ether oxygens (including phenoxy) is 3. The number of imidazole rings is 1. The van der Waals surface area contributed by atoms with Gasteiger partial charge in [-0.1, -0.05) is 42.5 Å². The van der Waals surface area contributed by atoms with Crippen LogP contribution < -0.4 is 19.5 Å². The van der Waals surface area contributed by atoms with E-state index in [2.05, 4.69) is 14.9 Å². The summed E-state index contributed by atoms with van der Waals surface area (Å²) in [6.07, 6.45) is 0. The number of rotatable bonds is 10. The zero-order valence-electron chi connectivity index (χ0n) is 17.9. The van der Waals surface area contributed by atoms with E-state index in [0.29, 0.717) is 36.9 Å². The van der Waals surface area contributed by atoms with Crippen LogP contribution in [-0.4, -0.2) is 35.8 Å². The van der Waals surface area contributed by atoms with Crippen molar-refractivity contribution in [3.8, 4) is 17.2 Å². The predicted molar refractivity (Wildman–Crippen MR) is 122 cm³/mol. The van der Waals surface area contributed by atoms with E-state index in [1.807, 2.05) is 78.9 Å². The molecule has 3 aromatic carbocycles. The van der Waals surface area contributed by atoms with Gasteiger partial charge in [0.15, 0.2) is 18.1 Å². The van der Waals surface area contributed by atoms with E-state index >= 15 is 0 Å². The van der Waals surface area contributed by atoms with Gasteiger partial charge in [0.2, 0.25) is 0 Å². The first-order valence-electron chi connectivity index (χ1n) is 10.4. The Labute approximate surface area is 186 Å². The first kappa shape index (κ1) is 21.2. The molecule has 4 rings (SSSR count). The van der Waals surface area contributed by atoms with Crippen LogP contribution in [0, 0.1) is 0 Å². The maximum absolute atomic E-state index is 12.3. The van der Waals surface area contributed by atoms with Crippen LogP contribution in [-0.2, 0) is 17.9 Å². The van der Waals surface area contributed by atoms with Gasteiger partial charge in [-0.15, -0.1) is 0 Å². The Kier molecular flexibility index (Phi) is 6.87. The summed E-state index contributed by atoms with van der Waals surface area (Å²) >= 11 is 0. The molecule has 0 unspecified atom stereocenters. The molecule has 0 bridgehead atoms. The van der Waals surface area contributed by atoms with Crippen molar-refractivity contribution in [1.82, 2.24) is 14.9 Å². The van der Waals surface area contributed by atoms with E-state index in [1.165, 1.54) is 0 Å². The third-order valence-electron chi connectivity index (χ3n) is 4.93. The fraction of sp³-hybridized carbons (Fsp3) is 0.200. The first-order valence-corrected chi connectivity index (χ1v) is 10.4. The highest BCUT2D eigenvalue weighted by Crippen LogP contribution is 2.26. The highest BCUT2D eigenvalue weighted by Gasteiger charge is 2.12. The summed E-state index contributed by atoms with van der Waals surface area (Å²) in [5.74, 6) is 2.57. The van der Waals surface area contributed by atoms with Crippen LogP contribution in [0.25, 0.3) is 11.0 Å². The first-order chi connectivity index (χ1) is 15.7. The Morgan fingerprint density at radius 3 is 2.44 bits per heavy atom. The fourth-order valence-electron chi connectivity index (χ4n) is 3.39. The number of hydrogen-bond donors (Lipinski definition) is 1. The van der Waals surface area contributed by atoms with E-state index in [0.717, 1.165) is 16.9 Å². The molecule has 32 heavy (non-hydrogen) atoms. The van der Waals surface area contributed by atoms with Crippen LogP contribution in [0.5, 0.6) is 17.2 Å². The summed E-state index contributed by atoms with van der Waals surface area (Å²) in [5.41, 5.74) is 1.86. The van der Waals surface area contributed by atoms with Crippen molar-refractivity contribution in [1.29, 1.82) is 0 Å². The molecule has 4 aromatic rings. The zero-order valence-corrected chi connectivity index (χ0v) is 17.9. The Balaban J connectivity index is 1.40. The highest BCUT2D eigenvalue weighted by atomic mass is 16.5. The maximum atomic E-state index is 12.3. The van der Waals surface area contributed by atoms with E-state index < -0.39 is 0 Å². The minimum absolute atomic E-state index is 0.0544. The molecule has 0 fully saturated rings. The molecule has 0 aliphatic heterocycles. The summed E-state index contributed by atoms with van der Waals surface area (Å²) in [6, 6.07) is 24.7. The molecule has 1 amide bonds. The van der Waals surface area contributed by atoms with E-state index in [-0.39, 0.29) is 12.5 Å². The molecule has 0 saturated heterocycles. The smallest absolute Gasteiger partial charge is 0.258 e. The third-order valence-corrected chi connectivity index (χ3v) is 4.93. The number of nitrogens with zero attached hydrogens (tertiary/aromatic N) is 2. The zero-order chi connectivity index (χ0) is 22.2. The molecule has 0 atom stereocenters. The number of carbonyl (C=O) groups is 1. The van der Waals surface area contributed by atoms with E-state index in [9.17, 15) is 4.79 Å². The SMILES string of the molecule is COc1ccccc1OCCn1c(CNC(=O)COc2ccccc2)nc2ccccc21. The van der Waals surface area contributed by atoms with E-state index in [4.69, 9.17) is 14.2 Å². The average molecular weight is 431 g/mol. The molecular weight excluding hydrogens is 406 g/mol. The van der Waals surface area contributed by atoms with Crippen molar-refractivity contribution in [3.05, 3.63) is 84.7 Å². The van der Waals surface area contributed by atoms with Crippen molar-refractivity contribution in [2.75, 3.05) is 20.3 Å². The van der Waals surface area contributed by atoms with Gasteiger partial charge in [-0.3, -0.25) is 4.79 Å². The van der Waals surface area contributed by atoms with Crippen LogP contribution in [0.4, 0.5) is 0 Å². The van der Waals surface area contributed by atoms with Crippen LogP contribution in [0.15, 0.2) is 78.9 Å². The number of carbonyl (C=O) groups excluding carboxylic acids is 1. The Hall–Kier alpha value is -4.00. The van der Waals surface area contributed by atoms with Crippen molar-refractivity contribution >= 4 is 16.9 Å². The standard InChI is InChI=1S/C25H25N3O4/c1-30-22-13-7-8-14-23(22)31-16-15-28-21-12-6-5-11-20(21)27-24(28)17-26-25(29)18-32-19-9-3-2-4-10-19/h2-14H,15-18H2,1H3,(H,26,29). The van der Waals surface area contributed by atoms with Gasteiger partial charge in [-0.25, -0.2) is 4.98 Å². The number of aromatic nitrogens is 2. The lowest BCUT2D eigenvalue weighted by atomic mass is 10.3. The van der Waals surface area contributed by atoms with Crippen molar-refractivity contribution in [3.63, 3.8) is 0 Å².